The highest BCUT2D eigenvalue weighted by atomic mass is 14.9. The van der Waals surface area contributed by atoms with E-state index in [0.717, 1.165) is 6.04 Å². The van der Waals surface area contributed by atoms with E-state index in [1.165, 1.54) is 96.3 Å². The maximum Gasteiger partial charge on any atom is 0.00640 e. The van der Waals surface area contributed by atoms with Gasteiger partial charge in [-0.2, -0.15) is 0 Å². The fourth-order valence-corrected chi connectivity index (χ4v) is 2.95. The van der Waals surface area contributed by atoms with E-state index >= 15 is 0 Å². The molecule has 0 fully saturated rings. The highest BCUT2D eigenvalue weighted by Gasteiger charge is 2.04. The largest absolute Gasteiger partial charge is 0.317 e. The van der Waals surface area contributed by atoms with E-state index in [-0.39, 0.29) is 0 Å². The summed E-state index contributed by atoms with van der Waals surface area (Å²) in [7, 11) is 2.13. The van der Waals surface area contributed by atoms with Gasteiger partial charge in [0.15, 0.2) is 0 Å². The van der Waals surface area contributed by atoms with Crippen LogP contribution in [0.1, 0.15) is 110 Å². The van der Waals surface area contributed by atoms with Crippen LogP contribution in [0.3, 0.4) is 0 Å². The van der Waals surface area contributed by atoms with Crippen LogP contribution < -0.4 is 5.32 Å². The van der Waals surface area contributed by atoms with Crippen molar-refractivity contribution in [1.29, 1.82) is 0 Å². The summed E-state index contributed by atoms with van der Waals surface area (Å²) in [6.45, 7) is 4.58. The molecule has 1 unspecified atom stereocenters. The van der Waals surface area contributed by atoms with Crippen molar-refractivity contribution < 1.29 is 0 Å². The number of hydrogen-bond acceptors (Lipinski definition) is 1. The molecular weight excluding hydrogens is 242 g/mol. The molecule has 0 radical (unpaired) electrons. The van der Waals surface area contributed by atoms with Gasteiger partial charge in [-0.15, -0.1) is 0 Å². The molecule has 1 heteroatoms. The summed E-state index contributed by atoms with van der Waals surface area (Å²) in [6, 6.07) is 0.774. The topological polar surface area (TPSA) is 12.0 Å². The number of hydrogen-bond donors (Lipinski definition) is 1. The number of rotatable bonds is 16. The Labute approximate surface area is 129 Å². The summed E-state index contributed by atoms with van der Waals surface area (Å²) >= 11 is 0. The summed E-state index contributed by atoms with van der Waals surface area (Å²) in [4.78, 5) is 0. The van der Waals surface area contributed by atoms with Crippen molar-refractivity contribution >= 4 is 0 Å². The zero-order valence-electron chi connectivity index (χ0n) is 14.7. The van der Waals surface area contributed by atoms with E-state index in [1.807, 2.05) is 0 Å². The zero-order chi connectivity index (χ0) is 14.9. The number of nitrogens with one attached hydrogen (secondary N) is 1. The lowest BCUT2D eigenvalue weighted by Gasteiger charge is -2.15. The van der Waals surface area contributed by atoms with Gasteiger partial charge in [0.2, 0.25) is 0 Å². The van der Waals surface area contributed by atoms with E-state index in [0.29, 0.717) is 0 Å². The van der Waals surface area contributed by atoms with E-state index in [9.17, 15) is 0 Å². The highest BCUT2D eigenvalue weighted by molar-refractivity contribution is 4.64. The van der Waals surface area contributed by atoms with Crippen LogP contribution in [-0.4, -0.2) is 13.1 Å². The summed E-state index contributed by atoms with van der Waals surface area (Å²) in [5.41, 5.74) is 0. The van der Waals surface area contributed by atoms with Gasteiger partial charge in [-0.1, -0.05) is 97.3 Å². The van der Waals surface area contributed by atoms with Gasteiger partial charge in [0.25, 0.3) is 0 Å². The van der Waals surface area contributed by atoms with Gasteiger partial charge in [-0.3, -0.25) is 0 Å². The van der Waals surface area contributed by atoms with Crippen LogP contribution in [0.15, 0.2) is 0 Å². The second-order valence-electron chi connectivity index (χ2n) is 6.45. The maximum atomic E-state index is 3.49. The van der Waals surface area contributed by atoms with Crippen molar-refractivity contribution in [2.75, 3.05) is 7.05 Å². The number of unbranched alkanes of at least 4 members (excludes halogenated alkanes) is 11. The molecule has 122 valence electrons. The molecule has 0 spiro atoms. The molecule has 0 aliphatic carbocycles. The zero-order valence-corrected chi connectivity index (χ0v) is 14.7. The Hall–Kier alpha value is -0.0400. The lowest BCUT2D eigenvalue weighted by Crippen LogP contribution is -2.24. The third-order valence-electron chi connectivity index (χ3n) is 4.47. The quantitative estimate of drug-likeness (QED) is 0.320. The molecule has 20 heavy (non-hydrogen) atoms. The normalized spacial score (nSPS) is 12.8. The molecule has 0 saturated carbocycles. The second-order valence-corrected chi connectivity index (χ2v) is 6.45. The Balaban J connectivity index is 3.20. The average molecular weight is 284 g/mol. The first kappa shape index (κ1) is 20.0. The Kier molecular flexibility index (Phi) is 17.0. The summed E-state index contributed by atoms with van der Waals surface area (Å²) in [6.07, 6.45) is 21.4. The van der Waals surface area contributed by atoms with Crippen molar-refractivity contribution in [3.63, 3.8) is 0 Å². The monoisotopic (exact) mass is 283 g/mol. The Morgan fingerprint density at radius 1 is 0.550 bits per heavy atom. The minimum absolute atomic E-state index is 0.774. The van der Waals surface area contributed by atoms with Crippen LogP contribution >= 0.6 is 0 Å². The molecule has 0 aromatic heterocycles. The molecule has 0 aromatic carbocycles. The van der Waals surface area contributed by atoms with Gasteiger partial charge in [0, 0.05) is 6.04 Å². The first-order valence-electron chi connectivity index (χ1n) is 9.52. The average Bonchev–Trinajstić information content (AvgIpc) is 2.47. The van der Waals surface area contributed by atoms with Gasteiger partial charge in [0.05, 0.1) is 0 Å². The van der Waals surface area contributed by atoms with Crippen LogP contribution in [0.4, 0.5) is 0 Å². The Morgan fingerprint density at radius 2 is 0.900 bits per heavy atom. The fourth-order valence-electron chi connectivity index (χ4n) is 2.95. The summed E-state index contributed by atoms with van der Waals surface area (Å²) < 4.78 is 0. The third kappa shape index (κ3) is 14.4. The molecule has 1 N–H and O–H groups in total. The molecule has 0 aliphatic heterocycles. The molecule has 1 atom stereocenters. The van der Waals surface area contributed by atoms with Gasteiger partial charge < -0.3 is 5.32 Å². The molecule has 0 rings (SSSR count). The van der Waals surface area contributed by atoms with Gasteiger partial charge in [-0.05, 0) is 19.9 Å². The smallest absolute Gasteiger partial charge is 0.00640 e. The molecule has 0 saturated heterocycles. The van der Waals surface area contributed by atoms with E-state index in [4.69, 9.17) is 0 Å². The molecule has 1 nitrogen and oxygen atoms in total. The molecule has 0 heterocycles. The predicted molar refractivity (Wildman–Crippen MR) is 93.5 cm³/mol. The predicted octanol–water partition coefficient (Wildman–Crippen LogP) is 6.47. The first-order valence-corrected chi connectivity index (χ1v) is 9.52. The SMILES string of the molecule is CCCCCCCCCCCCC(CCCCC)NC. The van der Waals surface area contributed by atoms with Crippen LogP contribution in [0.2, 0.25) is 0 Å². The maximum absolute atomic E-state index is 3.49. The summed E-state index contributed by atoms with van der Waals surface area (Å²) in [5, 5.41) is 3.49. The third-order valence-corrected chi connectivity index (χ3v) is 4.47. The summed E-state index contributed by atoms with van der Waals surface area (Å²) in [5.74, 6) is 0. The van der Waals surface area contributed by atoms with Crippen molar-refractivity contribution in [3.8, 4) is 0 Å². The Bertz CT molecular complexity index is 167. The van der Waals surface area contributed by atoms with Crippen molar-refractivity contribution in [3.05, 3.63) is 0 Å². The fraction of sp³-hybridized carbons (Fsp3) is 1.00. The van der Waals surface area contributed by atoms with Gasteiger partial charge in [0.1, 0.15) is 0 Å². The van der Waals surface area contributed by atoms with Crippen molar-refractivity contribution in [2.45, 2.75) is 116 Å². The molecule has 0 bridgehead atoms. The van der Waals surface area contributed by atoms with Gasteiger partial charge >= 0.3 is 0 Å². The molecular formula is C19H41N. The van der Waals surface area contributed by atoms with Crippen LogP contribution in [0.5, 0.6) is 0 Å². The Morgan fingerprint density at radius 3 is 1.35 bits per heavy atom. The van der Waals surface area contributed by atoms with Crippen molar-refractivity contribution in [2.24, 2.45) is 0 Å². The van der Waals surface area contributed by atoms with E-state index < -0.39 is 0 Å². The first-order chi connectivity index (χ1) is 9.85. The second kappa shape index (κ2) is 17.0. The minimum atomic E-state index is 0.774. The molecule has 0 aliphatic rings. The molecule has 0 aromatic rings. The van der Waals surface area contributed by atoms with Gasteiger partial charge in [-0.25, -0.2) is 0 Å². The van der Waals surface area contributed by atoms with E-state index in [2.05, 4.69) is 26.2 Å². The lowest BCUT2D eigenvalue weighted by atomic mass is 10.0. The van der Waals surface area contributed by atoms with Crippen molar-refractivity contribution in [1.82, 2.24) is 5.32 Å². The standard InChI is InChI=1S/C19H41N/c1-4-6-8-9-10-11-12-13-14-16-18-19(20-3)17-15-7-5-2/h19-20H,4-18H2,1-3H3. The van der Waals surface area contributed by atoms with Crippen LogP contribution in [-0.2, 0) is 0 Å². The van der Waals surface area contributed by atoms with E-state index in [1.54, 1.807) is 0 Å². The van der Waals surface area contributed by atoms with Crippen LogP contribution in [0.25, 0.3) is 0 Å². The lowest BCUT2D eigenvalue weighted by molar-refractivity contribution is 0.439. The van der Waals surface area contributed by atoms with Crippen LogP contribution in [0, 0.1) is 0 Å². The molecule has 0 amide bonds. The minimum Gasteiger partial charge on any atom is -0.317 e. The highest BCUT2D eigenvalue weighted by Crippen LogP contribution is 2.14.